The molecule has 2 atom stereocenters. The highest BCUT2D eigenvalue weighted by molar-refractivity contribution is 5.22. The average molecular weight is 170 g/mol. The molecule has 0 unspecified atom stereocenters. The Morgan fingerprint density at radius 1 is 1.50 bits per heavy atom. The lowest BCUT2D eigenvalue weighted by Gasteiger charge is -2.19. The van der Waals surface area contributed by atoms with Crippen LogP contribution in [0.3, 0.4) is 0 Å². The number of hydrogen-bond acceptors (Lipinski definition) is 2. The van der Waals surface area contributed by atoms with Gasteiger partial charge >= 0.3 is 0 Å². The van der Waals surface area contributed by atoms with E-state index in [0.717, 1.165) is 18.4 Å². The highest BCUT2D eigenvalue weighted by Gasteiger charge is 2.26. The minimum absolute atomic E-state index is 0.168. The van der Waals surface area contributed by atoms with Crippen LogP contribution in [0.1, 0.15) is 26.7 Å². The Kier molecular flexibility index (Phi) is 3.29. The maximum Gasteiger partial charge on any atom is 0.0647 e. The van der Waals surface area contributed by atoms with Crippen molar-refractivity contribution in [1.29, 1.82) is 0 Å². The molecule has 0 amide bonds. The molecule has 0 fully saturated rings. The van der Waals surface area contributed by atoms with Crippen molar-refractivity contribution in [2.75, 3.05) is 13.2 Å². The highest BCUT2D eigenvalue weighted by Crippen LogP contribution is 2.36. The van der Waals surface area contributed by atoms with Gasteiger partial charge in [0.1, 0.15) is 0 Å². The lowest BCUT2D eigenvalue weighted by molar-refractivity contribution is 0.193. The molecule has 0 aromatic rings. The van der Waals surface area contributed by atoms with Crippen molar-refractivity contribution in [2.24, 2.45) is 11.8 Å². The van der Waals surface area contributed by atoms with Gasteiger partial charge in [-0.1, -0.05) is 12.5 Å². The van der Waals surface area contributed by atoms with E-state index in [-0.39, 0.29) is 13.2 Å². The van der Waals surface area contributed by atoms with Crippen LogP contribution >= 0.6 is 0 Å². The van der Waals surface area contributed by atoms with Crippen molar-refractivity contribution in [1.82, 2.24) is 0 Å². The summed E-state index contributed by atoms with van der Waals surface area (Å²) in [6, 6.07) is 0. The van der Waals surface area contributed by atoms with Gasteiger partial charge in [-0.25, -0.2) is 0 Å². The molecule has 0 aromatic carbocycles. The first-order chi connectivity index (χ1) is 5.70. The SMILES string of the molecule is CC1=C(CO)[C@@H]([C@H](C)CO)CC1. The molecule has 2 N–H and O–H groups in total. The van der Waals surface area contributed by atoms with Crippen LogP contribution in [-0.4, -0.2) is 23.4 Å². The maximum absolute atomic E-state index is 9.11. The van der Waals surface area contributed by atoms with E-state index in [4.69, 9.17) is 10.2 Å². The van der Waals surface area contributed by atoms with Crippen LogP contribution < -0.4 is 0 Å². The zero-order valence-corrected chi connectivity index (χ0v) is 7.88. The van der Waals surface area contributed by atoms with Crippen molar-refractivity contribution in [3.8, 4) is 0 Å². The quantitative estimate of drug-likeness (QED) is 0.627. The number of allylic oxidation sites excluding steroid dienone is 1. The van der Waals surface area contributed by atoms with Gasteiger partial charge in [0, 0.05) is 6.61 Å². The van der Waals surface area contributed by atoms with Crippen molar-refractivity contribution >= 4 is 0 Å². The van der Waals surface area contributed by atoms with Crippen molar-refractivity contribution in [3.63, 3.8) is 0 Å². The monoisotopic (exact) mass is 170 g/mol. The lowest BCUT2D eigenvalue weighted by Crippen LogP contribution is -2.16. The van der Waals surface area contributed by atoms with Crippen molar-refractivity contribution in [2.45, 2.75) is 26.7 Å². The second-order valence-electron chi connectivity index (χ2n) is 3.77. The maximum atomic E-state index is 9.11. The first-order valence-corrected chi connectivity index (χ1v) is 4.61. The van der Waals surface area contributed by atoms with Crippen LogP contribution in [0.2, 0.25) is 0 Å². The van der Waals surface area contributed by atoms with Crippen molar-refractivity contribution < 1.29 is 10.2 Å². The lowest BCUT2D eigenvalue weighted by atomic mass is 9.89. The Balaban J connectivity index is 2.69. The summed E-state index contributed by atoms with van der Waals surface area (Å²) in [6.07, 6.45) is 2.19. The third kappa shape index (κ3) is 1.70. The second kappa shape index (κ2) is 4.06. The average Bonchev–Trinajstić information content (AvgIpc) is 2.45. The molecule has 0 aliphatic heterocycles. The summed E-state index contributed by atoms with van der Waals surface area (Å²) >= 11 is 0. The normalized spacial score (nSPS) is 26.5. The number of aliphatic hydroxyl groups excluding tert-OH is 2. The first-order valence-electron chi connectivity index (χ1n) is 4.61. The molecule has 2 nitrogen and oxygen atoms in total. The summed E-state index contributed by atoms with van der Waals surface area (Å²) in [5, 5.41) is 18.1. The van der Waals surface area contributed by atoms with Crippen LogP contribution in [0.5, 0.6) is 0 Å². The molecule has 70 valence electrons. The van der Waals surface area contributed by atoms with Gasteiger partial charge in [0.15, 0.2) is 0 Å². The fourth-order valence-electron chi connectivity index (χ4n) is 2.03. The molecule has 0 spiro atoms. The smallest absolute Gasteiger partial charge is 0.0647 e. The van der Waals surface area contributed by atoms with Crippen LogP contribution in [0, 0.1) is 11.8 Å². The van der Waals surface area contributed by atoms with Gasteiger partial charge in [-0.05, 0) is 37.2 Å². The van der Waals surface area contributed by atoms with Gasteiger partial charge in [0.25, 0.3) is 0 Å². The zero-order chi connectivity index (χ0) is 9.14. The number of aliphatic hydroxyl groups is 2. The van der Waals surface area contributed by atoms with E-state index >= 15 is 0 Å². The Labute approximate surface area is 73.9 Å². The van der Waals surface area contributed by atoms with E-state index in [1.54, 1.807) is 0 Å². The Morgan fingerprint density at radius 2 is 2.17 bits per heavy atom. The summed E-state index contributed by atoms with van der Waals surface area (Å²) in [4.78, 5) is 0. The molecule has 1 aliphatic carbocycles. The molecule has 12 heavy (non-hydrogen) atoms. The predicted octanol–water partition coefficient (Wildman–Crippen LogP) is 1.33. The summed E-state index contributed by atoms with van der Waals surface area (Å²) in [7, 11) is 0. The minimum atomic E-state index is 0.168. The van der Waals surface area contributed by atoms with Crippen molar-refractivity contribution in [3.05, 3.63) is 11.1 Å². The van der Waals surface area contributed by atoms with Gasteiger partial charge < -0.3 is 10.2 Å². The molecule has 1 aliphatic rings. The topological polar surface area (TPSA) is 40.5 Å². The van der Waals surface area contributed by atoms with Crippen LogP contribution in [0.4, 0.5) is 0 Å². The van der Waals surface area contributed by atoms with E-state index in [1.807, 2.05) is 6.92 Å². The van der Waals surface area contributed by atoms with Gasteiger partial charge in [-0.2, -0.15) is 0 Å². The van der Waals surface area contributed by atoms with Gasteiger partial charge in [0.05, 0.1) is 6.61 Å². The fraction of sp³-hybridized carbons (Fsp3) is 0.800. The van der Waals surface area contributed by atoms with Gasteiger partial charge in [0.2, 0.25) is 0 Å². The van der Waals surface area contributed by atoms with E-state index in [2.05, 4.69) is 6.92 Å². The van der Waals surface area contributed by atoms with Crippen LogP contribution in [0.15, 0.2) is 11.1 Å². The minimum Gasteiger partial charge on any atom is -0.396 e. The zero-order valence-electron chi connectivity index (χ0n) is 7.88. The third-order valence-corrected chi connectivity index (χ3v) is 2.97. The van der Waals surface area contributed by atoms with E-state index < -0.39 is 0 Å². The van der Waals surface area contributed by atoms with Gasteiger partial charge in [-0.3, -0.25) is 0 Å². The molecule has 0 aromatic heterocycles. The third-order valence-electron chi connectivity index (χ3n) is 2.97. The molecular weight excluding hydrogens is 152 g/mol. The summed E-state index contributed by atoms with van der Waals surface area (Å²) in [5.41, 5.74) is 2.49. The van der Waals surface area contributed by atoms with E-state index in [9.17, 15) is 0 Å². The standard InChI is InChI=1S/C10H18O2/c1-7-3-4-9(8(2)5-11)10(7)6-12/h8-9,11-12H,3-6H2,1-2H3/t8-,9-/m1/s1. The van der Waals surface area contributed by atoms with Crippen LogP contribution in [-0.2, 0) is 0 Å². The fourth-order valence-corrected chi connectivity index (χ4v) is 2.03. The molecule has 0 heterocycles. The molecule has 0 bridgehead atoms. The van der Waals surface area contributed by atoms with Gasteiger partial charge in [-0.15, -0.1) is 0 Å². The Bertz CT molecular complexity index is 184. The number of hydrogen-bond donors (Lipinski definition) is 2. The molecule has 0 radical (unpaired) electrons. The summed E-state index contributed by atoms with van der Waals surface area (Å²) in [5.74, 6) is 0.713. The Morgan fingerprint density at radius 3 is 2.67 bits per heavy atom. The number of rotatable bonds is 3. The molecule has 0 saturated carbocycles. The molecule has 2 heteroatoms. The highest BCUT2D eigenvalue weighted by atomic mass is 16.3. The Hall–Kier alpha value is -0.340. The largest absolute Gasteiger partial charge is 0.396 e. The van der Waals surface area contributed by atoms with E-state index in [0.29, 0.717) is 11.8 Å². The molecule has 0 saturated heterocycles. The van der Waals surface area contributed by atoms with Crippen LogP contribution in [0.25, 0.3) is 0 Å². The second-order valence-corrected chi connectivity index (χ2v) is 3.77. The van der Waals surface area contributed by atoms with E-state index in [1.165, 1.54) is 5.57 Å². The molecule has 1 rings (SSSR count). The first kappa shape index (κ1) is 9.75. The predicted molar refractivity (Wildman–Crippen MR) is 48.8 cm³/mol. The molecular formula is C10H18O2. The summed E-state index contributed by atoms with van der Waals surface area (Å²) in [6.45, 7) is 4.51. The summed E-state index contributed by atoms with van der Waals surface area (Å²) < 4.78 is 0.